The molecule has 2 aromatic heterocycles. The minimum Gasteiger partial charge on any atom is -0.372 e. The molecule has 0 aliphatic carbocycles. The number of hydrogen-bond donors (Lipinski definition) is 3. The van der Waals surface area contributed by atoms with Crippen molar-refractivity contribution in [2.75, 3.05) is 38.2 Å². The molecule has 1 saturated heterocycles. The van der Waals surface area contributed by atoms with Crippen molar-refractivity contribution in [3.05, 3.63) is 84.3 Å². The largest absolute Gasteiger partial charge is 0.372 e. The van der Waals surface area contributed by atoms with Crippen LogP contribution in [0.2, 0.25) is 0 Å². The molecule has 8 nitrogen and oxygen atoms in total. The Bertz CT molecular complexity index is 1250. The van der Waals surface area contributed by atoms with Crippen LogP contribution in [0.4, 0.5) is 5.69 Å². The highest BCUT2D eigenvalue weighted by molar-refractivity contribution is 6.05. The van der Waals surface area contributed by atoms with Crippen LogP contribution in [0.15, 0.2) is 73.1 Å². The molecule has 180 valence electrons. The number of hydrogen-bond acceptors (Lipinski definition) is 6. The van der Waals surface area contributed by atoms with E-state index in [9.17, 15) is 4.79 Å². The summed E-state index contributed by atoms with van der Waals surface area (Å²) in [6, 6.07) is 19.9. The molecule has 3 heterocycles. The van der Waals surface area contributed by atoms with E-state index in [1.165, 1.54) is 12.8 Å². The van der Waals surface area contributed by atoms with E-state index in [2.05, 4.69) is 25.8 Å². The molecule has 0 spiro atoms. The Hall–Kier alpha value is -3.75. The molecule has 4 aromatic rings. The van der Waals surface area contributed by atoms with Crippen LogP contribution in [-0.2, 0) is 6.54 Å². The summed E-state index contributed by atoms with van der Waals surface area (Å²) in [5, 5.41) is 15.3. The second-order valence-electron chi connectivity index (χ2n) is 8.77. The first kappa shape index (κ1) is 23.0. The van der Waals surface area contributed by atoms with Gasteiger partial charge >= 0.3 is 0 Å². The molecule has 0 saturated carbocycles. The number of para-hydroxylation sites is 1. The van der Waals surface area contributed by atoms with Crippen LogP contribution in [0.25, 0.3) is 16.6 Å². The number of fused-ring (bicyclic) bond motifs is 1. The SMILES string of the molecule is O=C(NCCN1CCCC1)c1nn(-c2ccc(NCNCc3cccnc3)cc2)c2ccccc12. The number of rotatable bonds is 10. The summed E-state index contributed by atoms with van der Waals surface area (Å²) in [6.45, 7) is 5.16. The van der Waals surface area contributed by atoms with Crippen molar-refractivity contribution in [3.63, 3.8) is 0 Å². The van der Waals surface area contributed by atoms with E-state index in [0.717, 1.165) is 54.0 Å². The van der Waals surface area contributed by atoms with Crippen LogP contribution in [-0.4, -0.2) is 58.4 Å². The molecule has 8 heteroatoms. The Labute approximate surface area is 205 Å². The van der Waals surface area contributed by atoms with Gasteiger partial charge in [0.1, 0.15) is 0 Å². The van der Waals surface area contributed by atoms with Gasteiger partial charge in [-0.1, -0.05) is 24.3 Å². The molecule has 5 rings (SSSR count). The molecule has 2 aromatic carbocycles. The summed E-state index contributed by atoms with van der Waals surface area (Å²) >= 11 is 0. The normalized spacial score (nSPS) is 13.8. The van der Waals surface area contributed by atoms with E-state index in [1.54, 1.807) is 6.20 Å². The Balaban J connectivity index is 1.23. The van der Waals surface area contributed by atoms with Gasteiger partial charge in [0.2, 0.25) is 0 Å². The molecular weight excluding hydrogens is 438 g/mol. The fourth-order valence-electron chi connectivity index (χ4n) is 4.44. The summed E-state index contributed by atoms with van der Waals surface area (Å²) in [5.74, 6) is -0.128. The number of carbonyl (C=O) groups excluding carboxylic acids is 1. The van der Waals surface area contributed by atoms with Gasteiger partial charge in [-0.2, -0.15) is 5.10 Å². The second-order valence-corrected chi connectivity index (χ2v) is 8.77. The standard InChI is InChI=1S/C27H31N7O/c35-27(30-14-17-33-15-3-4-16-33)26-24-7-1-2-8-25(24)34(32-26)23-11-9-22(10-12-23)31-20-29-19-21-6-5-13-28-18-21/h1-2,5-13,18,29,31H,3-4,14-17,19-20H2,(H,30,35). The van der Waals surface area contributed by atoms with E-state index in [-0.39, 0.29) is 5.91 Å². The van der Waals surface area contributed by atoms with Gasteiger partial charge in [0, 0.05) is 43.1 Å². The fourth-order valence-corrected chi connectivity index (χ4v) is 4.44. The quantitative estimate of drug-likeness (QED) is 0.244. The summed E-state index contributed by atoms with van der Waals surface area (Å²) in [7, 11) is 0. The fraction of sp³-hybridized carbons (Fsp3) is 0.296. The molecule has 1 fully saturated rings. The van der Waals surface area contributed by atoms with Gasteiger partial charge in [0.05, 0.1) is 17.9 Å². The number of pyridine rings is 1. The summed E-state index contributed by atoms with van der Waals surface area (Å²) in [5.41, 5.74) is 4.43. The maximum absolute atomic E-state index is 13.0. The molecule has 0 radical (unpaired) electrons. The van der Waals surface area contributed by atoms with Gasteiger partial charge in [-0.25, -0.2) is 4.68 Å². The second kappa shape index (κ2) is 11.1. The Morgan fingerprint density at radius 1 is 0.971 bits per heavy atom. The van der Waals surface area contributed by atoms with E-state index >= 15 is 0 Å². The van der Waals surface area contributed by atoms with Gasteiger partial charge in [-0.3, -0.25) is 15.1 Å². The highest BCUT2D eigenvalue weighted by atomic mass is 16.1. The molecule has 1 amide bonds. The van der Waals surface area contributed by atoms with Crippen molar-refractivity contribution in [2.45, 2.75) is 19.4 Å². The molecule has 1 aliphatic rings. The van der Waals surface area contributed by atoms with Gasteiger partial charge < -0.3 is 15.5 Å². The van der Waals surface area contributed by atoms with Crippen molar-refractivity contribution in [1.82, 2.24) is 30.3 Å². The van der Waals surface area contributed by atoms with Crippen LogP contribution in [0.3, 0.4) is 0 Å². The minimum absolute atomic E-state index is 0.128. The molecule has 35 heavy (non-hydrogen) atoms. The number of amides is 1. The number of benzene rings is 2. The lowest BCUT2D eigenvalue weighted by Gasteiger charge is -2.14. The Morgan fingerprint density at radius 3 is 2.60 bits per heavy atom. The lowest BCUT2D eigenvalue weighted by atomic mass is 10.2. The first-order valence-electron chi connectivity index (χ1n) is 12.2. The summed E-state index contributed by atoms with van der Waals surface area (Å²) in [4.78, 5) is 19.5. The van der Waals surface area contributed by atoms with Crippen molar-refractivity contribution >= 4 is 22.5 Å². The van der Waals surface area contributed by atoms with Gasteiger partial charge in [0.15, 0.2) is 5.69 Å². The third-order valence-electron chi connectivity index (χ3n) is 6.30. The van der Waals surface area contributed by atoms with Crippen LogP contribution >= 0.6 is 0 Å². The molecular formula is C27H31N7O. The predicted molar refractivity (Wildman–Crippen MR) is 139 cm³/mol. The van der Waals surface area contributed by atoms with Gasteiger partial charge in [-0.15, -0.1) is 0 Å². The third-order valence-corrected chi connectivity index (χ3v) is 6.30. The first-order valence-corrected chi connectivity index (χ1v) is 12.2. The number of nitrogens with zero attached hydrogens (tertiary/aromatic N) is 4. The van der Waals surface area contributed by atoms with Crippen molar-refractivity contribution in [2.24, 2.45) is 0 Å². The summed E-state index contributed by atoms with van der Waals surface area (Å²) in [6.07, 6.45) is 6.13. The zero-order valence-corrected chi connectivity index (χ0v) is 19.8. The van der Waals surface area contributed by atoms with Gasteiger partial charge in [-0.05, 0) is 67.9 Å². The molecule has 0 bridgehead atoms. The molecule has 1 aliphatic heterocycles. The maximum Gasteiger partial charge on any atom is 0.272 e. The Morgan fingerprint density at radius 2 is 1.80 bits per heavy atom. The van der Waals surface area contributed by atoms with E-state index in [0.29, 0.717) is 18.9 Å². The lowest BCUT2D eigenvalue weighted by Crippen LogP contribution is -2.33. The van der Waals surface area contributed by atoms with Crippen LogP contribution in [0.1, 0.15) is 28.9 Å². The topological polar surface area (TPSA) is 87.1 Å². The maximum atomic E-state index is 13.0. The minimum atomic E-state index is -0.128. The van der Waals surface area contributed by atoms with Crippen molar-refractivity contribution in [1.29, 1.82) is 0 Å². The van der Waals surface area contributed by atoms with Crippen LogP contribution < -0.4 is 16.0 Å². The molecule has 0 atom stereocenters. The number of likely N-dealkylation sites (tertiary alicyclic amines) is 1. The first-order chi connectivity index (χ1) is 17.3. The van der Waals surface area contributed by atoms with Crippen LogP contribution in [0.5, 0.6) is 0 Å². The van der Waals surface area contributed by atoms with E-state index < -0.39 is 0 Å². The average Bonchev–Trinajstić information content (AvgIpc) is 3.56. The van der Waals surface area contributed by atoms with Crippen LogP contribution in [0, 0.1) is 0 Å². The average molecular weight is 470 g/mol. The smallest absolute Gasteiger partial charge is 0.272 e. The van der Waals surface area contributed by atoms with Crippen molar-refractivity contribution < 1.29 is 4.79 Å². The highest BCUT2D eigenvalue weighted by Crippen LogP contribution is 2.23. The number of anilines is 1. The molecule has 3 N–H and O–H groups in total. The number of aromatic nitrogens is 3. The Kier molecular flexibility index (Phi) is 7.31. The zero-order valence-electron chi connectivity index (χ0n) is 19.8. The van der Waals surface area contributed by atoms with Crippen molar-refractivity contribution in [3.8, 4) is 5.69 Å². The zero-order chi connectivity index (χ0) is 23.9. The number of nitrogens with one attached hydrogen (secondary N) is 3. The lowest BCUT2D eigenvalue weighted by molar-refractivity contribution is 0.0946. The van der Waals surface area contributed by atoms with E-state index in [4.69, 9.17) is 5.10 Å². The van der Waals surface area contributed by atoms with Gasteiger partial charge in [0.25, 0.3) is 5.91 Å². The monoisotopic (exact) mass is 469 g/mol. The third kappa shape index (κ3) is 5.67. The molecule has 0 unspecified atom stereocenters. The predicted octanol–water partition coefficient (Wildman–Crippen LogP) is 3.41. The summed E-state index contributed by atoms with van der Waals surface area (Å²) < 4.78 is 1.84. The number of carbonyl (C=O) groups is 1. The van der Waals surface area contributed by atoms with E-state index in [1.807, 2.05) is 71.5 Å². The highest BCUT2D eigenvalue weighted by Gasteiger charge is 2.18.